The normalized spacial score (nSPS) is 11.0. The van der Waals surface area contributed by atoms with Crippen LogP contribution in [0.2, 0.25) is 10.0 Å². The first kappa shape index (κ1) is 29.4. The molecule has 0 saturated heterocycles. The zero-order chi connectivity index (χ0) is 23.6. The molecule has 2 rings (SSSR count). The monoisotopic (exact) mass is 524 g/mol. The van der Waals surface area contributed by atoms with Crippen LogP contribution in [0.3, 0.4) is 0 Å². The van der Waals surface area contributed by atoms with Crippen molar-refractivity contribution in [2.75, 3.05) is 0 Å². The van der Waals surface area contributed by atoms with Gasteiger partial charge in [0.1, 0.15) is 30.0 Å². The molecule has 0 aliphatic rings. The number of nitro groups is 2. The van der Waals surface area contributed by atoms with Crippen LogP contribution in [0.5, 0.6) is 0 Å². The molecule has 0 unspecified atom stereocenters. The second kappa shape index (κ2) is 10.8. The molecule has 17 heteroatoms. The Labute approximate surface area is 202 Å². The van der Waals surface area contributed by atoms with Crippen LogP contribution >= 0.6 is 23.2 Å². The van der Waals surface area contributed by atoms with E-state index in [4.69, 9.17) is 23.2 Å². The molecule has 0 fully saturated rings. The van der Waals surface area contributed by atoms with Gasteiger partial charge in [0.15, 0.2) is 0 Å². The van der Waals surface area contributed by atoms with E-state index in [9.17, 15) is 46.2 Å². The summed E-state index contributed by atoms with van der Waals surface area (Å²) in [6.45, 7) is 2.94. The Morgan fingerprint density at radius 2 is 0.968 bits per heavy atom. The van der Waals surface area contributed by atoms with Crippen LogP contribution in [0.4, 0.5) is 11.4 Å². The van der Waals surface area contributed by atoms with Gasteiger partial charge in [-0.2, -0.15) is 0 Å². The van der Waals surface area contributed by atoms with Crippen molar-refractivity contribution in [1.29, 1.82) is 0 Å². The minimum absolute atomic E-state index is 0. The molecule has 0 aliphatic heterocycles. The van der Waals surface area contributed by atoms with Gasteiger partial charge < -0.3 is 9.11 Å². The van der Waals surface area contributed by atoms with Crippen molar-refractivity contribution in [2.24, 2.45) is 0 Å². The fourth-order valence-electron chi connectivity index (χ4n) is 1.98. The Kier molecular flexibility index (Phi) is 10.3. The third-order valence-electron chi connectivity index (χ3n) is 3.41. The van der Waals surface area contributed by atoms with Gasteiger partial charge in [0, 0.05) is 22.2 Å². The number of hydrogen-bond donors (Lipinski definition) is 0. The molecular formula is C14H10Cl2MgN2O10S2. The van der Waals surface area contributed by atoms with E-state index in [1.165, 1.54) is 13.8 Å². The summed E-state index contributed by atoms with van der Waals surface area (Å²) in [4.78, 5) is 17.3. The van der Waals surface area contributed by atoms with Crippen molar-refractivity contribution in [1.82, 2.24) is 0 Å². The predicted molar refractivity (Wildman–Crippen MR) is 107 cm³/mol. The molecule has 0 aliphatic carbocycles. The average molecular weight is 526 g/mol. The molecule has 0 radical (unpaired) electrons. The standard InChI is InChI=1S/2C7H6ClNO5S.Mg/c2*1-4-2-6(9(10)11)7(3-5(4)8)15(12,13)14;/h2*2-3H,1H3,(H,12,13,14);/q;;+2/p-2. The van der Waals surface area contributed by atoms with Gasteiger partial charge in [-0.05, 0) is 37.1 Å². The van der Waals surface area contributed by atoms with Crippen molar-refractivity contribution in [3.8, 4) is 0 Å². The maximum absolute atomic E-state index is 10.7. The van der Waals surface area contributed by atoms with Crippen LogP contribution in [-0.2, 0) is 20.2 Å². The first-order valence-corrected chi connectivity index (χ1v) is 10.8. The topological polar surface area (TPSA) is 201 Å². The molecule has 0 N–H and O–H groups in total. The molecule has 164 valence electrons. The quantitative estimate of drug-likeness (QED) is 0.247. The zero-order valence-electron chi connectivity index (χ0n) is 15.6. The molecule has 31 heavy (non-hydrogen) atoms. The zero-order valence-corrected chi connectivity index (χ0v) is 20.1. The first-order valence-electron chi connectivity index (χ1n) is 7.27. The number of nitro benzene ring substituents is 2. The first-order chi connectivity index (χ1) is 13.5. The second-order valence-electron chi connectivity index (χ2n) is 5.56. The van der Waals surface area contributed by atoms with Gasteiger partial charge in [-0.25, -0.2) is 16.8 Å². The van der Waals surface area contributed by atoms with Crippen molar-refractivity contribution in [3.63, 3.8) is 0 Å². The van der Waals surface area contributed by atoms with Gasteiger partial charge in [0.2, 0.25) is 0 Å². The van der Waals surface area contributed by atoms with Crippen LogP contribution in [-0.4, -0.2) is 58.8 Å². The maximum Gasteiger partial charge on any atom is 2.00 e. The van der Waals surface area contributed by atoms with Gasteiger partial charge in [0.25, 0.3) is 11.4 Å². The molecule has 0 bridgehead atoms. The van der Waals surface area contributed by atoms with Crippen molar-refractivity contribution >= 4 is 77.9 Å². The minimum Gasteiger partial charge on any atom is -0.744 e. The summed E-state index contributed by atoms with van der Waals surface area (Å²) >= 11 is 11.1. The van der Waals surface area contributed by atoms with E-state index >= 15 is 0 Å². The molecule has 0 heterocycles. The number of halogens is 2. The van der Waals surface area contributed by atoms with E-state index in [2.05, 4.69) is 0 Å². The Morgan fingerprint density at radius 3 is 1.16 bits per heavy atom. The Morgan fingerprint density at radius 1 is 0.710 bits per heavy atom. The summed E-state index contributed by atoms with van der Waals surface area (Å²) in [5, 5.41) is 21.0. The summed E-state index contributed by atoms with van der Waals surface area (Å²) in [7, 11) is -9.79. The summed E-state index contributed by atoms with van der Waals surface area (Å²) in [5.74, 6) is 0. The molecule has 0 atom stereocenters. The third-order valence-corrected chi connectivity index (χ3v) is 5.96. The van der Waals surface area contributed by atoms with Crippen LogP contribution in [0.25, 0.3) is 0 Å². The molecule has 2 aromatic carbocycles. The van der Waals surface area contributed by atoms with Crippen molar-refractivity contribution in [2.45, 2.75) is 23.6 Å². The SMILES string of the molecule is Cc1cc([N+](=O)[O-])c(S(=O)(=O)[O-])cc1Cl.Cc1cc([N+](=O)[O-])c(S(=O)(=O)[O-])cc1Cl.[Mg+2]. The molecule has 0 amide bonds. The van der Waals surface area contributed by atoms with Crippen molar-refractivity contribution in [3.05, 3.63) is 65.7 Å². The number of nitrogens with zero attached hydrogens (tertiary/aromatic N) is 2. The predicted octanol–water partition coefficient (Wildman–Crippen LogP) is 2.54. The second-order valence-corrected chi connectivity index (χ2v) is 9.07. The van der Waals surface area contributed by atoms with Gasteiger partial charge in [0.05, 0.1) is 9.85 Å². The van der Waals surface area contributed by atoms with Gasteiger partial charge in [-0.15, -0.1) is 0 Å². The fraction of sp³-hybridized carbons (Fsp3) is 0.143. The van der Waals surface area contributed by atoms with Crippen LogP contribution in [0.1, 0.15) is 11.1 Å². The molecule has 0 aromatic heterocycles. The molecular weight excluding hydrogens is 516 g/mol. The summed E-state index contributed by atoms with van der Waals surface area (Å²) in [6.07, 6.45) is 0. The van der Waals surface area contributed by atoms with Crippen molar-refractivity contribution < 1.29 is 35.8 Å². The Bertz CT molecular complexity index is 1150. The van der Waals surface area contributed by atoms with Crippen LogP contribution in [0.15, 0.2) is 34.1 Å². The van der Waals surface area contributed by atoms with Gasteiger partial charge in [-0.1, -0.05) is 23.2 Å². The van der Waals surface area contributed by atoms with E-state index in [-0.39, 0.29) is 33.1 Å². The largest absolute Gasteiger partial charge is 2.00 e. The molecule has 0 saturated carbocycles. The van der Waals surface area contributed by atoms with Gasteiger partial charge >= 0.3 is 23.1 Å². The van der Waals surface area contributed by atoms with E-state index in [1.54, 1.807) is 0 Å². The summed E-state index contributed by atoms with van der Waals surface area (Å²) in [5.41, 5.74) is -0.856. The van der Waals surface area contributed by atoms with E-state index in [1.807, 2.05) is 0 Å². The average Bonchev–Trinajstić information content (AvgIpc) is 2.57. The minimum atomic E-state index is -4.89. The van der Waals surface area contributed by atoms with Crippen LogP contribution < -0.4 is 0 Å². The molecule has 12 nitrogen and oxygen atoms in total. The molecule has 0 spiro atoms. The number of benzene rings is 2. The van der Waals surface area contributed by atoms with E-state index in [0.717, 1.165) is 24.3 Å². The smallest absolute Gasteiger partial charge is 0.744 e. The number of hydrogen-bond acceptors (Lipinski definition) is 10. The fourth-order valence-corrected chi connectivity index (χ4v) is 3.74. The number of rotatable bonds is 4. The Hall–Kier alpha value is -1.59. The Balaban J connectivity index is 0.000000562. The molecule has 2 aromatic rings. The summed E-state index contributed by atoms with van der Waals surface area (Å²) in [6, 6.07) is 3.48. The number of aryl methyl sites for hydroxylation is 2. The van der Waals surface area contributed by atoms with Gasteiger partial charge in [-0.3, -0.25) is 20.2 Å². The summed E-state index contributed by atoms with van der Waals surface area (Å²) < 4.78 is 64.2. The van der Waals surface area contributed by atoms with E-state index < -0.39 is 51.2 Å². The van der Waals surface area contributed by atoms with Crippen LogP contribution in [0, 0.1) is 34.1 Å². The maximum atomic E-state index is 10.7. The third kappa shape index (κ3) is 7.80. The van der Waals surface area contributed by atoms with E-state index in [0.29, 0.717) is 11.1 Å².